The predicted molar refractivity (Wildman–Crippen MR) is 136 cm³/mol. The normalized spacial score (nSPS) is 14.5. The van der Waals surface area contributed by atoms with E-state index in [1.807, 2.05) is 18.2 Å². The van der Waals surface area contributed by atoms with Crippen molar-refractivity contribution in [2.75, 3.05) is 57.6 Å². The topological polar surface area (TPSA) is 134 Å². The molecule has 0 saturated carbocycles. The van der Waals surface area contributed by atoms with Crippen LogP contribution in [0.2, 0.25) is 5.02 Å². The zero-order chi connectivity index (χ0) is 24.6. The van der Waals surface area contributed by atoms with E-state index >= 15 is 0 Å². The number of nitrogen functional groups attached to an aromatic ring is 1. The van der Waals surface area contributed by atoms with Crippen LogP contribution in [0.15, 0.2) is 48.9 Å². The highest BCUT2D eigenvalue weighted by atomic mass is 35.5. The van der Waals surface area contributed by atoms with Crippen LogP contribution < -0.4 is 26.3 Å². The fourth-order valence-electron chi connectivity index (χ4n) is 3.62. The highest BCUT2D eigenvalue weighted by Gasteiger charge is 2.16. The van der Waals surface area contributed by atoms with Crippen LogP contribution >= 0.6 is 11.6 Å². The Bertz CT molecular complexity index is 1170. The van der Waals surface area contributed by atoms with E-state index < -0.39 is 0 Å². The quantitative estimate of drug-likeness (QED) is 0.379. The molecule has 0 spiro atoms. The van der Waals surface area contributed by atoms with Crippen molar-refractivity contribution >= 4 is 34.5 Å². The van der Waals surface area contributed by atoms with Crippen LogP contribution in [0.4, 0.5) is 17.3 Å². The first-order chi connectivity index (χ1) is 17.1. The van der Waals surface area contributed by atoms with Crippen LogP contribution in [0, 0.1) is 0 Å². The van der Waals surface area contributed by atoms with E-state index in [0.717, 1.165) is 32.8 Å². The maximum Gasteiger partial charge on any atom is 0.227 e. The summed E-state index contributed by atoms with van der Waals surface area (Å²) in [6.07, 6.45) is 4.59. The monoisotopic (exact) mass is 497 g/mol. The molecule has 0 amide bonds. The minimum absolute atomic E-state index is 0.290. The summed E-state index contributed by atoms with van der Waals surface area (Å²) >= 11 is 6.38. The van der Waals surface area contributed by atoms with Crippen LogP contribution in [0.5, 0.6) is 11.5 Å². The summed E-state index contributed by atoms with van der Waals surface area (Å²) < 4.78 is 16.9. The van der Waals surface area contributed by atoms with Gasteiger partial charge in [0.05, 0.1) is 54.3 Å². The Morgan fingerprint density at radius 3 is 2.77 bits per heavy atom. The Kier molecular flexibility index (Phi) is 8.19. The number of nitrogens with two attached hydrogens (primary N) is 2. The number of aromatic nitrogens is 3. The molecule has 1 aliphatic rings. The van der Waals surface area contributed by atoms with Gasteiger partial charge in [-0.2, -0.15) is 0 Å². The zero-order valence-corrected chi connectivity index (χ0v) is 20.2. The SMILES string of the molecule is COc1cc(OCCN2CCOCC2)c(N)cc1Nc1ncc(Cl)c(C(=CN)c2ccccn2)n1. The number of methoxy groups -OCH3 is 1. The van der Waals surface area contributed by atoms with Crippen molar-refractivity contribution in [1.82, 2.24) is 19.9 Å². The van der Waals surface area contributed by atoms with Gasteiger partial charge in [-0.15, -0.1) is 0 Å². The molecule has 1 fully saturated rings. The Hall–Kier alpha value is -3.60. The molecule has 2 aromatic heterocycles. The summed E-state index contributed by atoms with van der Waals surface area (Å²) in [5.74, 6) is 1.36. The van der Waals surface area contributed by atoms with E-state index in [4.69, 9.17) is 37.3 Å². The minimum Gasteiger partial charge on any atom is -0.494 e. The first kappa shape index (κ1) is 24.5. The first-order valence-electron chi connectivity index (χ1n) is 11.1. The second-order valence-corrected chi connectivity index (χ2v) is 8.11. The molecular weight excluding hydrogens is 470 g/mol. The smallest absolute Gasteiger partial charge is 0.227 e. The molecule has 184 valence electrons. The average molecular weight is 498 g/mol. The summed E-state index contributed by atoms with van der Waals surface area (Å²) in [5.41, 5.74) is 14.8. The maximum absolute atomic E-state index is 6.38. The fourth-order valence-corrected chi connectivity index (χ4v) is 3.82. The van der Waals surface area contributed by atoms with Gasteiger partial charge in [-0.3, -0.25) is 9.88 Å². The van der Waals surface area contributed by atoms with Gasteiger partial charge in [0, 0.05) is 43.7 Å². The molecule has 1 saturated heterocycles. The molecule has 0 aliphatic carbocycles. The van der Waals surface area contributed by atoms with Crippen molar-refractivity contribution in [3.8, 4) is 11.5 Å². The van der Waals surface area contributed by atoms with Crippen molar-refractivity contribution in [2.24, 2.45) is 5.73 Å². The lowest BCUT2D eigenvalue weighted by Gasteiger charge is -2.26. The molecule has 5 N–H and O–H groups in total. The van der Waals surface area contributed by atoms with E-state index in [0.29, 0.717) is 57.4 Å². The molecule has 35 heavy (non-hydrogen) atoms. The van der Waals surface area contributed by atoms with Gasteiger partial charge >= 0.3 is 0 Å². The molecule has 0 bridgehead atoms. The summed E-state index contributed by atoms with van der Waals surface area (Å²) in [5, 5.41) is 3.49. The third kappa shape index (κ3) is 6.10. The van der Waals surface area contributed by atoms with Gasteiger partial charge in [-0.25, -0.2) is 9.97 Å². The molecule has 1 aliphatic heterocycles. The van der Waals surface area contributed by atoms with Gasteiger partial charge in [0.25, 0.3) is 0 Å². The summed E-state index contributed by atoms with van der Waals surface area (Å²) in [6, 6.07) is 8.97. The van der Waals surface area contributed by atoms with Crippen molar-refractivity contribution in [3.05, 3.63) is 65.3 Å². The Balaban J connectivity index is 1.51. The number of ether oxygens (including phenoxy) is 3. The molecule has 4 rings (SSSR count). The van der Waals surface area contributed by atoms with Gasteiger partial charge < -0.3 is 31.0 Å². The minimum atomic E-state index is 0.290. The predicted octanol–water partition coefficient (Wildman–Crippen LogP) is 2.92. The maximum atomic E-state index is 6.38. The zero-order valence-electron chi connectivity index (χ0n) is 19.4. The largest absolute Gasteiger partial charge is 0.494 e. The van der Waals surface area contributed by atoms with Gasteiger partial charge in [-0.05, 0) is 18.2 Å². The highest BCUT2D eigenvalue weighted by molar-refractivity contribution is 6.32. The van der Waals surface area contributed by atoms with E-state index in [2.05, 4.69) is 25.2 Å². The lowest BCUT2D eigenvalue weighted by Crippen LogP contribution is -2.38. The van der Waals surface area contributed by atoms with E-state index in [-0.39, 0.29) is 0 Å². The first-order valence-corrected chi connectivity index (χ1v) is 11.5. The number of hydrogen-bond acceptors (Lipinski definition) is 10. The van der Waals surface area contributed by atoms with Crippen LogP contribution in [0.1, 0.15) is 11.4 Å². The third-order valence-corrected chi connectivity index (χ3v) is 5.73. The van der Waals surface area contributed by atoms with E-state index in [1.165, 1.54) is 12.4 Å². The molecular formula is C24H28ClN7O3. The molecule has 10 nitrogen and oxygen atoms in total. The number of morpholine rings is 1. The number of halogens is 1. The fraction of sp³-hybridized carbons (Fsp3) is 0.292. The van der Waals surface area contributed by atoms with Crippen LogP contribution in [-0.2, 0) is 4.74 Å². The molecule has 0 unspecified atom stereocenters. The number of anilines is 3. The van der Waals surface area contributed by atoms with E-state index in [9.17, 15) is 0 Å². The molecule has 11 heteroatoms. The van der Waals surface area contributed by atoms with E-state index in [1.54, 1.807) is 25.4 Å². The number of benzene rings is 1. The third-order valence-electron chi connectivity index (χ3n) is 5.45. The number of nitrogens with one attached hydrogen (secondary N) is 1. The average Bonchev–Trinajstić information content (AvgIpc) is 2.89. The standard InChI is InChI=1S/C24H28ClN7O3/c1-33-22-13-21(35-11-8-32-6-9-34-10-7-32)18(27)12-20(22)30-24-29-15-17(25)23(31-24)16(14-26)19-4-2-3-5-28-19/h2-5,12-15H,6-11,26-27H2,1H3,(H,29,30,31). The Morgan fingerprint density at radius 2 is 2.06 bits per heavy atom. The Morgan fingerprint density at radius 1 is 1.23 bits per heavy atom. The number of pyridine rings is 1. The van der Waals surface area contributed by atoms with Gasteiger partial charge in [0.2, 0.25) is 5.95 Å². The van der Waals surface area contributed by atoms with Crippen molar-refractivity contribution in [1.29, 1.82) is 0 Å². The molecule has 1 aromatic carbocycles. The number of rotatable bonds is 9. The highest BCUT2D eigenvalue weighted by Crippen LogP contribution is 2.36. The molecule has 0 atom stereocenters. The van der Waals surface area contributed by atoms with Gasteiger partial charge in [0.1, 0.15) is 18.1 Å². The number of hydrogen-bond donors (Lipinski definition) is 3. The van der Waals surface area contributed by atoms with Crippen molar-refractivity contribution in [3.63, 3.8) is 0 Å². The van der Waals surface area contributed by atoms with Crippen molar-refractivity contribution < 1.29 is 14.2 Å². The molecule has 0 radical (unpaired) electrons. The molecule has 3 aromatic rings. The summed E-state index contributed by atoms with van der Waals surface area (Å²) in [4.78, 5) is 15.5. The van der Waals surface area contributed by atoms with Crippen LogP contribution in [0.25, 0.3) is 5.57 Å². The molecule has 3 heterocycles. The summed E-state index contributed by atoms with van der Waals surface area (Å²) in [7, 11) is 1.57. The van der Waals surface area contributed by atoms with Crippen LogP contribution in [-0.4, -0.2) is 66.4 Å². The lowest BCUT2D eigenvalue weighted by atomic mass is 10.1. The second-order valence-electron chi connectivity index (χ2n) is 7.70. The van der Waals surface area contributed by atoms with Gasteiger partial charge in [0.15, 0.2) is 0 Å². The Labute approximate surface area is 208 Å². The van der Waals surface area contributed by atoms with Crippen LogP contribution in [0.3, 0.4) is 0 Å². The summed E-state index contributed by atoms with van der Waals surface area (Å²) in [6.45, 7) is 4.58. The van der Waals surface area contributed by atoms with Gasteiger partial charge in [-0.1, -0.05) is 17.7 Å². The number of nitrogens with zero attached hydrogens (tertiary/aromatic N) is 4. The second kappa shape index (κ2) is 11.7. The van der Waals surface area contributed by atoms with Crippen molar-refractivity contribution in [2.45, 2.75) is 0 Å². The lowest BCUT2D eigenvalue weighted by molar-refractivity contribution is 0.0323.